The molecule has 5 nitrogen and oxygen atoms in total. The number of rotatable bonds is 4. The lowest BCUT2D eigenvalue weighted by Gasteiger charge is -1.98. The van der Waals surface area contributed by atoms with E-state index < -0.39 is 5.91 Å². The fraction of sp³-hybridized carbons (Fsp3) is 0.0625. The molecular weight excluding hydrogens is 414 g/mol. The van der Waals surface area contributed by atoms with Crippen LogP contribution >= 0.6 is 39.3 Å². The number of carbonyl (C=O) groups excluding carboxylic acids is 1. The van der Waals surface area contributed by atoms with Gasteiger partial charge in [0.2, 0.25) is 5.88 Å². The van der Waals surface area contributed by atoms with E-state index in [0.29, 0.717) is 15.9 Å². The number of H-pyrrole nitrogens is 1. The molecule has 0 aliphatic carbocycles. The Morgan fingerprint density at radius 1 is 1.25 bits per heavy atom. The molecule has 1 amide bonds. The van der Waals surface area contributed by atoms with Crippen molar-refractivity contribution in [2.75, 3.05) is 5.75 Å². The molecule has 0 atom stereocenters. The van der Waals surface area contributed by atoms with Crippen molar-refractivity contribution in [1.82, 2.24) is 4.98 Å². The quantitative estimate of drug-likeness (QED) is 0.417. The minimum absolute atomic E-state index is 0.120. The molecule has 3 rings (SSSR count). The maximum absolute atomic E-state index is 11.9. The SMILES string of the molecule is O=C(CSc1ccc(Cl)cc1)N=Nc1c(O)[nH]c2ccc(Br)cc12. The van der Waals surface area contributed by atoms with Crippen LogP contribution in [0.15, 0.2) is 62.1 Å². The van der Waals surface area contributed by atoms with Gasteiger partial charge in [-0.3, -0.25) is 4.79 Å². The number of aromatic nitrogens is 1. The number of hydrogen-bond acceptors (Lipinski definition) is 4. The number of nitrogens with zero attached hydrogens (tertiary/aromatic N) is 2. The Balaban J connectivity index is 1.71. The minimum atomic E-state index is -0.390. The van der Waals surface area contributed by atoms with Gasteiger partial charge in [0.15, 0.2) is 5.69 Å². The van der Waals surface area contributed by atoms with Gasteiger partial charge in [0, 0.05) is 19.8 Å². The number of azo groups is 1. The summed E-state index contributed by atoms with van der Waals surface area (Å²) in [7, 11) is 0. The van der Waals surface area contributed by atoms with Crippen molar-refractivity contribution in [3.05, 3.63) is 52.0 Å². The second-order valence-corrected chi connectivity index (χ2v) is 7.25. The summed E-state index contributed by atoms with van der Waals surface area (Å²) in [5, 5.41) is 18.8. The Hall–Kier alpha value is -1.83. The molecule has 8 heteroatoms. The third kappa shape index (κ3) is 3.98. The average Bonchev–Trinajstić information content (AvgIpc) is 2.87. The molecule has 0 saturated heterocycles. The molecule has 0 spiro atoms. The number of benzene rings is 2. The summed E-state index contributed by atoms with van der Waals surface area (Å²) in [6.45, 7) is 0. The maximum atomic E-state index is 11.9. The van der Waals surface area contributed by atoms with Gasteiger partial charge in [0.05, 0.1) is 11.3 Å². The van der Waals surface area contributed by atoms with Crippen molar-refractivity contribution in [2.45, 2.75) is 4.90 Å². The molecule has 0 unspecified atom stereocenters. The highest BCUT2D eigenvalue weighted by atomic mass is 79.9. The Labute approximate surface area is 155 Å². The van der Waals surface area contributed by atoms with Gasteiger partial charge in [-0.25, -0.2) is 0 Å². The van der Waals surface area contributed by atoms with Gasteiger partial charge in [0.25, 0.3) is 5.91 Å². The van der Waals surface area contributed by atoms with Crippen LogP contribution in [-0.4, -0.2) is 21.8 Å². The van der Waals surface area contributed by atoms with Crippen LogP contribution in [0.1, 0.15) is 0 Å². The molecule has 0 radical (unpaired) electrons. The molecule has 122 valence electrons. The van der Waals surface area contributed by atoms with E-state index in [1.54, 1.807) is 24.3 Å². The van der Waals surface area contributed by atoms with Crippen LogP contribution < -0.4 is 0 Å². The zero-order chi connectivity index (χ0) is 17.1. The first-order chi connectivity index (χ1) is 11.5. The van der Waals surface area contributed by atoms with Gasteiger partial charge in [0.1, 0.15) is 0 Å². The van der Waals surface area contributed by atoms with Crippen molar-refractivity contribution in [3.63, 3.8) is 0 Å². The van der Waals surface area contributed by atoms with Gasteiger partial charge in [-0.1, -0.05) is 27.5 Å². The number of halogens is 2. The number of hydrogen-bond donors (Lipinski definition) is 2. The molecule has 0 aliphatic heterocycles. The van der Waals surface area contributed by atoms with Gasteiger partial charge in [-0.05, 0) is 42.5 Å². The standard InChI is InChI=1S/C16H11BrClN3O2S/c17-9-1-6-13-12(7-9)15(16(23)19-13)21-20-14(22)8-24-11-4-2-10(18)3-5-11/h1-7,19,23H,8H2. The largest absolute Gasteiger partial charge is 0.493 e. The zero-order valence-corrected chi connectivity index (χ0v) is 15.3. The number of aromatic hydroxyl groups is 1. The molecule has 24 heavy (non-hydrogen) atoms. The average molecular weight is 425 g/mol. The molecule has 0 fully saturated rings. The van der Waals surface area contributed by atoms with Crippen molar-refractivity contribution >= 4 is 61.8 Å². The van der Waals surface area contributed by atoms with Crippen molar-refractivity contribution in [3.8, 4) is 5.88 Å². The number of fused-ring (bicyclic) bond motifs is 1. The molecule has 2 N–H and O–H groups in total. The monoisotopic (exact) mass is 423 g/mol. The highest BCUT2D eigenvalue weighted by molar-refractivity contribution is 9.10. The van der Waals surface area contributed by atoms with Crippen LogP contribution in [0.5, 0.6) is 5.88 Å². The summed E-state index contributed by atoms with van der Waals surface area (Å²) >= 11 is 10.5. The summed E-state index contributed by atoms with van der Waals surface area (Å²) in [4.78, 5) is 15.6. The Morgan fingerprint density at radius 3 is 2.75 bits per heavy atom. The Kier molecular flexibility index (Phi) is 5.23. The summed E-state index contributed by atoms with van der Waals surface area (Å²) < 4.78 is 0.843. The lowest BCUT2D eigenvalue weighted by molar-refractivity contribution is -0.115. The third-order valence-electron chi connectivity index (χ3n) is 3.15. The number of thioether (sulfide) groups is 1. The molecule has 2 aromatic carbocycles. The third-order valence-corrected chi connectivity index (χ3v) is 4.89. The van der Waals surface area contributed by atoms with Crippen molar-refractivity contribution < 1.29 is 9.90 Å². The highest BCUT2D eigenvalue weighted by Crippen LogP contribution is 2.36. The van der Waals surface area contributed by atoms with Crippen LogP contribution in [0.2, 0.25) is 5.02 Å². The first-order valence-electron chi connectivity index (χ1n) is 6.86. The number of carbonyl (C=O) groups is 1. The van der Waals surface area contributed by atoms with Crippen LogP contribution in [0.3, 0.4) is 0 Å². The van der Waals surface area contributed by atoms with Gasteiger partial charge >= 0.3 is 0 Å². The topological polar surface area (TPSA) is 77.8 Å². The second kappa shape index (κ2) is 7.38. The summed E-state index contributed by atoms with van der Waals surface area (Å²) in [6, 6.07) is 12.6. The highest BCUT2D eigenvalue weighted by Gasteiger charge is 2.11. The zero-order valence-electron chi connectivity index (χ0n) is 12.2. The normalized spacial score (nSPS) is 11.4. The lowest BCUT2D eigenvalue weighted by atomic mass is 10.2. The molecule has 0 saturated carbocycles. The van der Waals surface area contributed by atoms with Crippen molar-refractivity contribution in [2.24, 2.45) is 10.2 Å². The molecular formula is C16H11BrClN3O2S. The predicted octanol–water partition coefficient (Wildman–Crippen LogP) is 5.69. The van der Waals surface area contributed by atoms with Crippen LogP contribution in [0, 0.1) is 0 Å². The van der Waals surface area contributed by atoms with Gasteiger partial charge < -0.3 is 10.1 Å². The van der Waals surface area contributed by atoms with E-state index in [1.807, 2.05) is 18.2 Å². The first kappa shape index (κ1) is 17.0. The fourth-order valence-corrected chi connectivity index (χ4v) is 3.21. The molecule has 3 aromatic rings. The Morgan fingerprint density at radius 2 is 2.00 bits per heavy atom. The first-order valence-corrected chi connectivity index (χ1v) is 9.02. The van der Waals surface area contributed by atoms with E-state index in [2.05, 4.69) is 31.1 Å². The van der Waals surface area contributed by atoms with E-state index in [9.17, 15) is 9.90 Å². The van der Waals surface area contributed by atoms with E-state index >= 15 is 0 Å². The fourth-order valence-electron chi connectivity index (χ4n) is 2.05. The molecule has 1 aromatic heterocycles. The van der Waals surface area contributed by atoms with Gasteiger partial charge in [-0.15, -0.1) is 22.0 Å². The van der Waals surface area contributed by atoms with E-state index in [1.165, 1.54) is 11.8 Å². The predicted molar refractivity (Wildman–Crippen MR) is 99.4 cm³/mol. The second-order valence-electron chi connectivity index (χ2n) is 4.85. The van der Waals surface area contributed by atoms with Crippen LogP contribution in [-0.2, 0) is 4.79 Å². The number of amides is 1. The minimum Gasteiger partial charge on any atom is -0.493 e. The van der Waals surface area contributed by atoms with Gasteiger partial charge in [-0.2, -0.15) is 0 Å². The summed E-state index contributed by atoms with van der Waals surface area (Å²) in [5.74, 6) is -0.360. The molecule has 1 heterocycles. The van der Waals surface area contributed by atoms with Crippen molar-refractivity contribution in [1.29, 1.82) is 0 Å². The van der Waals surface area contributed by atoms with E-state index in [0.717, 1.165) is 9.37 Å². The number of nitrogens with one attached hydrogen (secondary N) is 1. The van der Waals surface area contributed by atoms with E-state index in [4.69, 9.17) is 11.6 Å². The molecule has 0 bridgehead atoms. The summed E-state index contributed by atoms with van der Waals surface area (Å²) in [6.07, 6.45) is 0. The van der Waals surface area contributed by atoms with Crippen LogP contribution in [0.25, 0.3) is 10.9 Å². The Bertz CT molecular complexity index is 925. The number of aromatic amines is 1. The summed E-state index contributed by atoms with van der Waals surface area (Å²) in [5.41, 5.74) is 0.962. The maximum Gasteiger partial charge on any atom is 0.274 e. The smallest absolute Gasteiger partial charge is 0.274 e. The van der Waals surface area contributed by atoms with E-state index in [-0.39, 0.29) is 17.3 Å². The molecule has 0 aliphatic rings. The lowest BCUT2D eigenvalue weighted by Crippen LogP contribution is -1.95. The van der Waals surface area contributed by atoms with Crippen LogP contribution in [0.4, 0.5) is 5.69 Å².